The van der Waals surface area contributed by atoms with Crippen LogP contribution in [0.4, 0.5) is 4.39 Å². The molecule has 1 aromatic rings. The molecule has 0 unspecified atom stereocenters. The van der Waals surface area contributed by atoms with E-state index < -0.39 is 5.97 Å². The van der Waals surface area contributed by atoms with Crippen LogP contribution >= 0.6 is 24.0 Å². The molecule has 0 saturated carbocycles. The van der Waals surface area contributed by atoms with Gasteiger partial charge in [-0.2, -0.15) is 0 Å². The lowest BCUT2D eigenvalue weighted by Gasteiger charge is -2.30. The number of aliphatic carboxylic acids is 1. The van der Waals surface area contributed by atoms with Crippen LogP contribution in [0, 0.1) is 11.7 Å². The summed E-state index contributed by atoms with van der Waals surface area (Å²) in [7, 11) is 0. The van der Waals surface area contributed by atoms with Gasteiger partial charge in [-0.15, -0.1) is 0 Å². The summed E-state index contributed by atoms with van der Waals surface area (Å²) < 4.78 is 13.5. The Kier molecular flexibility index (Phi) is 7.02. The molecule has 2 saturated heterocycles. The second-order valence-electron chi connectivity index (χ2n) is 6.98. The largest absolute Gasteiger partial charge is 0.481 e. The number of benzene rings is 1. The van der Waals surface area contributed by atoms with E-state index in [2.05, 4.69) is 0 Å². The third-order valence-electron chi connectivity index (χ3n) is 5.01. The normalized spacial score (nSPS) is 19.3. The van der Waals surface area contributed by atoms with Crippen LogP contribution in [0.3, 0.4) is 0 Å². The van der Waals surface area contributed by atoms with E-state index in [1.807, 2.05) is 0 Å². The molecule has 3 rings (SSSR count). The van der Waals surface area contributed by atoms with Gasteiger partial charge >= 0.3 is 5.97 Å². The van der Waals surface area contributed by atoms with Gasteiger partial charge in [-0.3, -0.25) is 19.3 Å². The summed E-state index contributed by atoms with van der Waals surface area (Å²) in [4.78, 5) is 39.6. The first-order valence-corrected chi connectivity index (χ1v) is 10.6. The number of thiocarbonyl (C=S) groups is 1. The van der Waals surface area contributed by atoms with Crippen LogP contribution in [-0.4, -0.2) is 56.6 Å². The van der Waals surface area contributed by atoms with E-state index >= 15 is 0 Å². The number of rotatable bonds is 6. The van der Waals surface area contributed by atoms with Gasteiger partial charge in [-0.05, 0) is 43.0 Å². The molecule has 1 N–H and O–H groups in total. The summed E-state index contributed by atoms with van der Waals surface area (Å²) in [6.45, 7) is 1.26. The molecule has 29 heavy (non-hydrogen) atoms. The first kappa shape index (κ1) is 21.4. The van der Waals surface area contributed by atoms with E-state index in [0.717, 1.165) is 0 Å². The lowest BCUT2D eigenvalue weighted by molar-refractivity contribution is -0.145. The molecule has 0 aromatic heterocycles. The van der Waals surface area contributed by atoms with E-state index in [1.165, 1.54) is 28.8 Å². The Morgan fingerprint density at radius 3 is 2.52 bits per heavy atom. The fourth-order valence-electron chi connectivity index (χ4n) is 3.33. The van der Waals surface area contributed by atoms with E-state index in [9.17, 15) is 18.8 Å². The van der Waals surface area contributed by atoms with Crippen molar-refractivity contribution < 1.29 is 23.9 Å². The monoisotopic (exact) mass is 436 g/mol. The van der Waals surface area contributed by atoms with Crippen LogP contribution in [0.15, 0.2) is 29.2 Å². The smallest absolute Gasteiger partial charge is 0.306 e. The minimum Gasteiger partial charge on any atom is -0.481 e. The summed E-state index contributed by atoms with van der Waals surface area (Å²) in [5.74, 6) is -1.76. The number of halogens is 1. The standard InChI is InChI=1S/C20H21FN2O4S2/c21-15-5-3-13(4-6-15)12-16-18(25)23(20(28)29-16)9-1-2-17(24)22-10-7-14(8-11-22)19(26)27/h3-6,12,14H,1-2,7-11H2,(H,26,27). The first-order valence-electron chi connectivity index (χ1n) is 9.36. The Morgan fingerprint density at radius 2 is 1.90 bits per heavy atom. The molecule has 0 atom stereocenters. The average Bonchev–Trinajstić information content (AvgIpc) is 2.97. The van der Waals surface area contributed by atoms with Crippen LogP contribution < -0.4 is 0 Å². The number of carboxylic acids is 1. The van der Waals surface area contributed by atoms with E-state index in [4.69, 9.17) is 17.3 Å². The Morgan fingerprint density at radius 1 is 1.24 bits per heavy atom. The number of carboxylic acid groups (broad SMARTS) is 1. The molecule has 2 heterocycles. The highest BCUT2D eigenvalue weighted by Gasteiger charge is 2.32. The van der Waals surface area contributed by atoms with Crippen LogP contribution in [0.5, 0.6) is 0 Å². The van der Waals surface area contributed by atoms with Gasteiger partial charge in [0.05, 0.1) is 10.8 Å². The van der Waals surface area contributed by atoms with Gasteiger partial charge in [0.15, 0.2) is 0 Å². The number of carbonyl (C=O) groups is 3. The minimum atomic E-state index is -0.805. The average molecular weight is 437 g/mol. The molecule has 1 aromatic carbocycles. The third kappa shape index (κ3) is 5.42. The zero-order chi connectivity index (χ0) is 21.0. The summed E-state index contributed by atoms with van der Waals surface area (Å²) in [6, 6.07) is 5.84. The van der Waals surface area contributed by atoms with Gasteiger partial charge in [0.2, 0.25) is 5.91 Å². The third-order valence-corrected chi connectivity index (χ3v) is 6.39. The van der Waals surface area contributed by atoms with Crippen molar-refractivity contribution in [1.82, 2.24) is 9.80 Å². The predicted molar refractivity (Wildman–Crippen MR) is 112 cm³/mol. The number of thioether (sulfide) groups is 1. The molecule has 0 spiro atoms. The highest BCUT2D eigenvalue weighted by Crippen LogP contribution is 2.32. The molecule has 2 fully saturated rings. The molecule has 0 aliphatic carbocycles. The van der Waals surface area contributed by atoms with Crippen molar-refractivity contribution in [2.75, 3.05) is 19.6 Å². The molecule has 0 radical (unpaired) electrons. The molecular weight excluding hydrogens is 415 g/mol. The predicted octanol–water partition coefficient (Wildman–Crippen LogP) is 3.13. The second-order valence-corrected chi connectivity index (χ2v) is 8.66. The van der Waals surface area contributed by atoms with Crippen molar-refractivity contribution in [3.05, 3.63) is 40.6 Å². The maximum absolute atomic E-state index is 13.0. The first-order chi connectivity index (χ1) is 13.8. The zero-order valence-electron chi connectivity index (χ0n) is 15.7. The van der Waals surface area contributed by atoms with Crippen LogP contribution in [0.2, 0.25) is 0 Å². The lowest BCUT2D eigenvalue weighted by atomic mass is 9.97. The van der Waals surface area contributed by atoms with Crippen LogP contribution in [0.25, 0.3) is 6.08 Å². The number of piperidine rings is 1. The molecule has 2 aliphatic rings. The summed E-state index contributed by atoms with van der Waals surface area (Å²) in [6.07, 6.45) is 3.39. The summed E-state index contributed by atoms with van der Waals surface area (Å²) in [5, 5.41) is 9.03. The van der Waals surface area contributed by atoms with Gasteiger partial charge in [-0.1, -0.05) is 36.1 Å². The maximum Gasteiger partial charge on any atom is 0.306 e. The molecule has 154 valence electrons. The van der Waals surface area contributed by atoms with Gasteiger partial charge in [0.1, 0.15) is 10.1 Å². The Hall–Kier alpha value is -2.26. The van der Waals surface area contributed by atoms with E-state index in [1.54, 1.807) is 23.1 Å². The van der Waals surface area contributed by atoms with Gasteiger partial charge in [-0.25, -0.2) is 4.39 Å². The minimum absolute atomic E-state index is 0.0267. The van der Waals surface area contributed by atoms with E-state index in [-0.39, 0.29) is 30.0 Å². The van der Waals surface area contributed by atoms with Gasteiger partial charge in [0, 0.05) is 26.1 Å². The number of hydrogen-bond donors (Lipinski definition) is 1. The number of hydrogen-bond acceptors (Lipinski definition) is 5. The summed E-state index contributed by atoms with van der Waals surface area (Å²) >= 11 is 6.48. The number of likely N-dealkylation sites (tertiary alicyclic amines) is 1. The fraction of sp³-hybridized carbons (Fsp3) is 0.400. The Bertz CT molecular complexity index is 849. The lowest BCUT2D eigenvalue weighted by Crippen LogP contribution is -2.40. The molecular formula is C20H21FN2O4S2. The van der Waals surface area contributed by atoms with Crippen molar-refractivity contribution in [3.8, 4) is 0 Å². The van der Waals surface area contributed by atoms with Gasteiger partial charge < -0.3 is 10.0 Å². The number of nitrogens with zero attached hydrogens (tertiary/aromatic N) is 2. The molecule has 2 aliphatic heterocycles. The number of carbonyl (C=O) groups excluding carboxylic acids is 2. The van der Waals surface area contributed by atoms with Gasteiger partial charge in [0.25, 0.3) is 5.91 Å². The molecule has 2 amide bonds. The zero-order valence-corrected chi connectivity index (χ0v) is 17.3. The van der Waals surface area contributed by atoms with Crippen LogP contribution in [0.1, 0.15) is 31.2 Å². The van der Waals surface area contributed by atoms with Crippen molar-refractivity contribution in [2.45, 2.75) is 25.7 Å². The van der Waals surface area contributed by atoms with Crippen molar-refractivity contribution in [2.24, 2.45) is 5.92 Å². The number of amides is 2. The van der Waals surface area contributed by atoms with E-state index in [0.29, 0.717) is 53.7 Å². The fourth-order valence-corrected chi connectivity index (χ4v) is 4.63. The SMILES string of the molecule is O=C(O)C1CCN(C(=O)CCCN2C(=O)C(=Cc3ccc(F)cc3)SC2=S)CC1. The van der Waals surface area contributed by atoms with Crippen molar-refractivity contribution in [1.29, 1.82) is 0 Å². The molecule has 0 bridgehead atoms. The topological polar surface area (TPSA) is 77.9 Å². The highest BCUT2D eigenvalue weighted by molar-refractivity contribution is 8.26. The maximum atomic E-state index is 13.0. The van der Waals surface area contributed by atoms with Crippen LogP contribution in [-0.2, 0) is 14.4 Å². The second kappa shape index (κ2) is 9.49. The highest BCUT2D eigenvalue weighted by atomic mass is 32.2. The quantitative estimate of drug-likeness (QED) is 0.545. The Labute approximate surface area is 177 Å². The molecule has 6 nitrogen and oxygen atoms in total. The Balaban J connectivity index is 1.49. The molecule has 9 heteroatoms. The van der Waals surface area contributed by atoms with Crippen molar-refractivity contribution in [3.63, 3.8) is 0 Å². The van der Waals surface area contributed by atoms with Crippen molar-refractivity contribution >= 4 is 52.2 Å². The summed E-state index contributed by atoms with van der Waals surface area (Å²) in [5.41, 5.74) is 0.715.